The molecule has 0 bridgehead atoms. The summed E-state index contributed by atoms with van der Waals surface area (Å²) >= 11 is 3.36. The Balaban J connectivity index is 2.01. The highest BCUT2D eigenvalue weighted by atomic mass is 79.9. The molecule has 2 fully saturated rings. The van der Waals surface area contributed by atoms with Gasteiger partial charge in [-0.3, -0.25) is 0 Å². The molecule has 1 aromatic carbocycles. The molecular formula is C14H14BrNO3S. The number of benzene rings is 1. The van der Waals surface area contributed by atoms with Gasteiger partial charge in [-0.15, -0.1) is 0 Å². The third kappa shape index (κ3) is 2.16. The molecule has 2 saturated carbocycles. The Bertz CT molecular complexity index is 699. The lowest BCUT2D eigenvalue weighted by atomic mass is 9.72. The van der Waals surface area contributed by atoms with Crippen molar-refractivity contribution in [3.05, 3.63) is 28.2 Å². The van der Waals surface area contributed by atoms with Gasteiger partial charge < -0.3 is 0 Å². The summed E-state index contributed by atoms with van der Waals surface area (Å²) < 4.78 is 25.1. The number of aliphatic imine (C=N–C) groups is 1. The minimum Gasteiger partial charge on any atom is -0.223 e. The highest BCUT2D eigenvalue weighted by molar-refractivity contribution is 9.10. The molecule has 0 N–H and O–H groups in total. The first-order chi connectivity index (χ1) is 9.49. The molecule has 6 heteroatoms. The summed E-state index contributed by atoms with van der Waals surface area (Å²) in [6.07, 6.45) is 5.77. The van der Waals surface area contributed by atoms with E-state index in [9.17, 15) is 13.2 Å². The molecule has 0 saturated heterocycles. The Labute approximate surface area is 126 Å². The molecule has 0 aromatic heterocycles. The summed E-state index contributed by atoms with van der Waals surface area (Å²) in [5, 5.41) is -0.227. The lowest BCUT2D eigenvalue weighted by Gasteiger charge is -2.37. The van der Waals surface area contributed by atoms with Crippen molar-refractivity contribution in [1.82, 2.24) is 0 Å². The highest BCUT2D eigenvalue weighted by Gasteiger charge is 2.41. The van der Waals surface area contributed by atoms with Gasteiger partial charge in [0.15, 0.2) is 9.84 Å². The third-order valence-corrected chi connectivity index (χ3v) is 7.42. The van der Waals surface area contributed by atoms with Gasteiger partial charge in [0.2, 0.25) is 6.08 Å². The summed E-state index contributed by atoms with van der Waals surface area (Å²) in [5.74, 6) is 0. The van der Waals surface area contributed by atoms with Crippen molar-refractivity contribution in [2.75, 3.05) is 0 Å². The molecule has 0 unspecified atom stereocenters. The van der Waals surface area contributed by atoms with E-state index in [2.05, 4.69) is 20.9 Å². The zero-order valence-corrected chi connectivity index (χ0v) is 13.2. The summed E-state index contributed by atoms with van der Waals surface area (Å²) in [4.78, 5) is 14.9. The molecule has 0 heterocycles. The average Bonchev–Trinajstić information content (AvgIpc) is 3.17. The van der Waals surface area contributed by atoms with E-state index in [1.165, 1.54) is 0 Å². The number of rotatable bonds is 4. The van der Waals surface area contributed by atoms with Gasteiger partial charge >= 0.3 is 0 Å². The number of hydrogen-bond acceptors (Lipinski definition) is 4. The van der Waals surface area contributed by atoms with Crippen LogP contribution in [-0.4, -0.2) is 19.7 Å². The molecule has 20 heavy (non-hydrogen) atoms. The summed E-state index contributed by atoms with van der Waals surface area (Å²) in [6, 6.07) is 5.20. The predicted molar refractivity (Wildman–Crippen MR) is 78.0 cm³/mol. The van der Waals surface area contributed by atoms with E-state index in [0.717, 1.165) is 37.7 Å². The van der Waals surface area contributed by atoms with E-state index in [0.29, 0.717) is 9.37 Å². The smallest absolute Gasteiger partial charge is 0.223 e. The Hall–Kier alpha value is -0.970. The fraction of sp³-hybridized carbons (Fsp3) is 0.500. The fourth-order valence-electron chi connectivity index (χ4n) is 2.64. The Morgan fingerprint density at radius 3 is 2.45 bits per heavy atom. The summed E-state index contributed by atoms with van der Waals surface area (Å²) in [7, 11) is -3.21. The van der Waals surface area contributed by atoms with Crippen LogP contribution in [0.1, 0.15) is 37.7 Å². The van der Waals surface area contributed by atoms with Crippen LogP contribution in [0.3, 0.4) is 0 Å². The Morgan fingerprint density at radius 2 is 2.00 bits per heavy atom. The Kier molecular flexibility index (Phi) is 3.35. The largest absolute Gasteiger partial charge is 0.235 e. The van der Waals surface area contributed by atoms with Crippen LogP contribution >= 0.6 is 15.9 Å². The minimum atomic E-state index is -3.21. The number of halogens is 1. The standard InChI is InChI=1S/C14H14BrNO3S/c15-12-8-10(14(16-9-17)6-1-7-14)2-5-13(12)20(18,19)11-3-4-11/h2,5,8,11H,1,3-4,6-7H2. The number of sulfone groups is 1. The topological polar surface area (TPSA) is 63.6 Å². The second kappa shape index (κ2) is 4.79. The molecule has 0 atom stereocenters. The van der Waals surface area contributed by atoms with Crippen LogP contribution in [0.4, 0.5) is 0 Å². The number of nitrogens with zero attached hydrogens (tertiary/aromatic N) is 1. The summed E-state index contributed by atoms with van der Waals surface area (Å²) in [6.45, 7) is 0. The van der Waals surface area contributed by atoms with Crippen LogP contribution in [0.25, 0.3) is 0 Å². The molecule has 2 aliphatic carbocycles. The second-order valence-electron chi connectivity index (χ2n) is 5.48. The lowest BCUT2D eigenvalue weighted by Crippen LogP contribution is -2.32. The minimum absolute atomic E-state index is 0.227. The number of carbonyl (C=O) groups excluding carboxylic acids is 1. The zero-order chi connectivity index (χ0) is 14.4. The van der Waals surface area contributed by atoms with Gasteiger partial charge in [0.05, 0.1) is 15.7 Å². The van der Waals surface area contributed by atoms with Crippen molar-refractivity contribution in [3.63, 3.8) is 0 Å². The van der Waals surface area contributed by atoms with Crippen molar-refractivity contribution in [3.8, 4) is 0 Å². The van der Waals surface area contributed by atoms with Crippen molar-refractivity contribution in [2.24, 2.45) is 4.99 Å². The lowest BCUT2D eigenvalue weighted by molar-refractivity contribution is 0.255. The van der Waals surface area contributed by atoms with E-state index in [1.807, 2.05) is 0 Å². The molecule has 106 valence electrons. The SMILES string of the molecule is O=C=NC1(c2ccc(S(=O)(=O)C3CC3)c(Br)c2)CCC1. The molecular weight excluding hydrogens is 342 g/mol. The maximum absolute atomic E-state index is 12.3. The van der Waals surface area contributed by atoms with E-state index < -0.39 is 15.4 Å². The maximum atomic E-state index is 12.3. The molecule has 2 aliphatic rings. The molecule has 1 aromatic rings. The van der Waals surface area contributed by atoms with Crippen LogP contribution in [-0.2, 0) is 20.2 Å². The fourth-order valence-corrected chi connectivity index (χ4v) is 5.40. The first-order valence-electron chi connectivity index (χ1n) is 6.63. The van der Waals surface area contributed by atoms with Crippen LogP contribution in [0.15, 0.2) is 32.6 Å². The van der Waals surface area contributed by atoms with Crippen molar-refractivity contribution in [2.45, 2.75) is 47.8 Å². The van der Waals surface area contributed by atoms with Crippen molar-refractivity contribution in [1.29, 1.82) is 0 Å². The zero-order valence-electron chi connectivity index (χ0n) is 10.8. The number of isocyanates is 1. The first-order valence-corrected chi connectivity index (χ1v) is 8.96. The maximum Gasteiger partial charge on any atom is 0.235 e. The van der Waals surface area contributed by atoms with E-state index in [-0.39, 0.29) is 5.25 Å². The molecule has 0 radical (unpaired) electrons. The average molecular weight is 356 g/mol. The first kappa shape index (κ1) is 14.0. The van der Waals surface area contributed by atoms with Crippen LogP contribution < -0.4 is 0 Å². The molecule has 0 amide bonds. The Morgan fingerprint density at radius 1 is 1.30 bits per heavy atom. The van der Waals surface area contributed by atoms with Crippen LogP contribution in [0.5, 0.6) is 0 Å². The van der Waals surface area contributed by atoms with Gasteiger partial charge in [-0.2, -0.15) is 4.99 Å². The highest BCUT2D eigenvalue weighted by Crippen LogP contribution is 2.46. The second-order valence-corrected chi connectivity index (χ2v) is 8.53. The van der Waals surface area contributed by atoms with E-state index in [1.54, 1.807) is 24.3 Å². The van der Waals surface area contributed by atoms with Gasteiger partial charge in [-0.25, -0.2) is 13.2 Å². The quantitative estimate of drug-likeness (QED) is 0.615. The van der Waals surface area contributed by atoms with E-state index >= 15 is 0 Å². The molecule has 0 spiro atoms. The van der Waals surface area contributed by atoms with Crippen molar-refractivity contribution >= 4 is 31.8 Å². The molecule has 3 rings (SSSR count). The van der Waals surface area contributed by atoms with Crippen LogP contribution in [0.2, 0.25) is 0 Å². The van der Waals surface area contributed by atoms with Gasteiger partial charge in [0.25, 0.3) is 0 Å². The number of hydrogen-bond donors (Lipinski definition) is 0. The van der Waals surface area contributed by atoms with Gasteiger partial charge in [0.1, 0.15) is 0 Å². The molecule has 0 aliphatic heterocycles. The molecule has 4 nitrogen and oxygen atoms in total. The van der Waals surface area contributed by atoms with Gasteiger partial charge in [-0.1, -0.05) is 6.07 Å². The van der Waals surface area contributed by atoms with E-state index in [4.69, 9.17) is 0 Å². The summed E-state index contributed by atoms with van der Waals surface area (Å²) in [5.41, 5.74) is 0.389. The predicted octanol–water partition coefficient (Wildman–Crippen LogP) is 3.10. The normalized spacial score (nSPS) is 20.9. The third-order valence-electron chi connectivity index (χ3n) is 4.18. The monoisotopic (exact) mass is 355 g/mol. The van der Waals surface area contributed by atoms with Crippen LogP contribution in [0, 0.1) is 0 Å². The van der Waals surface area contributed by atoms with Gasteiger partial charge in [-0.05, 0) is 65.7 Å². The van der Waals surface area contributed by atoms with Crippen molar-refractivity contribution < 1.29 is 13.2 Å². The van der Waals surface area contributed by atoms with Gasteiger partial charge in [0, 0.05) is 4.47 Å².